The van der Waals surface area contributed by atoms with Gasteiger partial charge in [-0.2, -0.15) is 0 Å². The summed E-state index contributed by atoms with van der Waals surface area (Å²) >= 11 is 3.64. The molecule has 11 rings (SSSR count). The molecule has 0 saturated heterocycles. The van der Waals surface area contributed by atoms with Gasteiger partial charge in [0.2, 0.25) is 0 Å². The van der Waals surface area contributed by atoms with Gasteiger partial charge in [0.25, 0.3) is 0 Å². The zero-order chi connectivity index (χ0) is 34.2. The first-order chi connectivity index (χ1) is 25.7. The van der Waals surface area contributed by atoms with Crippen LogP contribution in [0.1, 0.15) is 0 Å². The summed E-state index contributed by atoms with van der Waals surface area (Å²) in [5.74, 6) is 1.98. The molecule has 4 aromatic heterocycles. The lowest BCUT2D eigenvalue weighted by Gasteiger charge is -2.11. The molecule has 4 heterocycles. The maximum Gasteiger partial charge on any atom is 0.164 e. The van der Waals surface area contributed by atoms with Crippen LogP contribution < -0.4 is 0 Å². The van der Waals surface area contributed by atoms with Gasteiger partial charge in [0.15, 0.2) is 17.5 Å². The van der Waals surface area contributed by atoms with Crippen LogP contribution in [0, 0.1) is 0 Å². The molecule has 4 nitrogen and oxygen atoms in total. The Morgan fingerprint density at radius 2 is 0.904 bits per heavy atom. The van der Waals surface area contributed by atoms with Crippen LogP contribution in [0.15, 0.2) is 158 Å². The van der Waals surface area contributed by atoms with Crippen molar-refractivity contribution in [3.05, 3.63) is 158 Å². The molecule has 6 heteroatoms. The fourth-order valence-corrected chi connectivity index (χ4v) is 9.83. The van der Waals surface area contributed by atoms with Crippen molar-refractivity contribution in [2.24, 2.45) is 0 Å². The Morgan fingerprint density at radius 3 is 1.71 bits per heavy atom. The summed E-state index contributed by atoms with van der Waals surface area (Å²) in [5, 5.41) is 8.52. The number of nitrogens with zero attached hydrogens (tertiary/aromatic N) is 4. The fourth-order valence-electron chi connectivity index (χ4n) is 7.44. The lowest BCUT2D eigenvalue weighted by atomic mass is 9.98. The quantitative estimate of drug-likeness (QED) is 0.172. The van der Waals surface area contributed by atoms with Crippen LogP contribution in [0.3, 0.4) is 0 Å². The molecule has 0 N–H and O–H groups in total. The van der Waals surface area contributed by atoms with E-state index in [4.69, 9.17) is 19.9 Å². The molecule has 0 aliphatic rings. The van der Waals surface area contributed by atoms with Crippen molar-refractivity contribution in [1.82, 2.24) is 19.9 Å². The van der Waals surface area contributed by atoms with E-state index in [1.165, 1.54) is 51.1 Å². The van der Waals surface area contributed by atoms with Crippen LogP contribution in [0.25, 0.3) is 107 Å². The molecule has 7 aromatic carbocycles. The highest BCUT2D eigenvalue weighted by Gasteiger charge is 2.18. The first-order valence-corrected chi connectivity index (χ1v) is 18.9. The molecule has 0 amide bonds. The zero-order valence-corrected chi connectivity index (χ0v) is 29.2. The lowest BCUT2D eigenvalue weighted by Crippen LogP contribution is -2.00. The number of aromatic nitrogens is 4. The average molecular weight is 699 g/mol. The lowest BCUT2D eigenvalue weighted by molar-refractivity contribution is 1.08. The van der Waals surface area contributed by atoms with Crippen LogP contribution in [0.4, 0.5) is 0 Å². The fraction of sp³-hybridized carbons (Fsp3) is 0. The SMILES string of the molecule is c1ccc(-c2nc(-c3ccc4c(c3)sc3ccccc34)nc(-c3ccc4sc5c(ccc6c(-c7ccccc7)nc7ccccc7c65)c4c3)n2)cc1. The van der Waals surface area contributed by atoms with Crippen LogP contribution in [-0.2, 0) is 0 Å². The van der Waals surface area contributed by atoms with Gasteiger partial charge in [-0.05, 0) is 36.4 Å². The minimum absolute atomic E-state index is 0.656. The number of hydrogen-bond acceptors (Lipinski definition) is 6. The molecule has 0 fully saturated rings. The van der Waals surface area contributed by atoms with Crippen LogP contribution in [0.5, 0.6) is 0 Å². The average Bonchev–Trinajstić information content (AvgIpc) is 3.78. The van der Waals surface area contributed by atoms with Gasteiger partial charge in [0.1, 0.15) is 0 Å². The number of thiophene rings is 2. The maximum atomic E-state index is 5.16. The molecular formula is C46H26N4S2. The van der Waals surface area contributed by atoms with Crippen LogP contribution in [-0.4, -0.2) is 19.9 Å². The van der Waals surface area contributed by atoms with Gasteiger partial charge in [-0.15, -0.1) is 22.7 Å². The Bertz CT molecular complexity index is 3180. The first kappa shape index (κ1) is 29.4. The molecular weight excluding hydrogens is 673 g/mol. The van der Waals surface area contributed by atoms with E-state index >= 15 is 0 Å². The third-order valence-electron chi connectivity index (χ3n) is 9.91. The molecule has 52 heavy (non-hydrogen) atoms. The normalized spacial score (nSPS) is 11.8. The van der Waals surface area contributed by atoms with E-state index < -0.39 is 0 Å². The third-order valence-corrected chi connectivity index (χ3v) is 12.2. The topological polar surface area (TPSA) is 51.6 Å². The predicted molar refractivity (Wildman–Crippen MR) is 220 cm³/mol. The van der Waals surface area contributed by atoms with Gasteiger partial charge < -0.3 is 0 Å². The predicted octanol–water partition coefficient (Wildman–Crippen LogP) is 13.0. The Hall–Kier alpha value is -6.34. The van der Waals surface area contributed by atoms with E-state index in [-0.39, 0.29) is 0 Å². The molecule has 0 aliphatic carbocycles. The Morgan fingerprint density at radius 1 is 0.327 bits per heavy atom. The molecule has 0 spiro atoms. The van der Waals surface area contributed by atoms with E-state index in [9.17, 15) is 0 Å². The minimum Gasteiger partial charge on any atom is -0.247 e. The molecule has 0 aliphatic heterocycles. The second kappa shape index (κ2) is 11.6. The highest BCUT2D eigenvalue weighted by Crippen LogP contribution is 2.44. The van der Waals surface area contributed by atoms with Crippen molar-refractivity contribution < 1.29 is 0 Å². The zero-order valence-electron chi connectivity index (χ0n) is 27.6. The summed E-state index contributed by atoms with van der Waals surface area (Å²) in [5.41, 5.74) is 6.02. The summed E-state index contributed by atoms with van der Waals surface area (Å²) in [6.07, 6.45) is 0. The second-order valence-electron chi connectivity index (χ2n) is 13.0. The van der Waals surface area contributed by atoms with E-state index in [2.05, 4.69) is 140 Å². The van der Waals surface area contributed by atoms with Gasteiger partial charge in [0.05, 0.1) is 11.2 Å². The molecule has 242 valence electrons. The number of para-hydroxylation sites is 1. The maximum absolute atomic E-state index is 5.16. The standard InChI is InChI=1S/C46H26N4S2/c1-3-11-27(12-4-1)42-35-23-22-33-36-25-29(20-24-39(36)52-43(33)41(35)34-16-7-9-17-37(34)47-42)45-48-44(28-13-5-2-6-14-28)49-46(50-45)30-19-21-32-31-15-8-10-18-38(31)51-40(32)26-30/h1-26H. The summed E-state index contributed by atoms with van der Waals surface area (Å²) in [6.45, 7) is 0. The van der Waals surface area contributed by atoms with E-state index in [1.807, 2.05) is 29.5 Å². The summed E-state index contributed by atoms with van der Waals surface area (Å²) < 4.78 is 4.98. The Balaban J connectivity index is 1.12. The number of hydrogen-bond donors (Lipinski definition) is 0. The van der Waals surface area contributed by atoms with Gasteiger partial charge in [0, 0.05) is 78.8 Å². The Labute approximate surface area is 306 Å². The summed E-state index contributed by atoms with van der Waals surface area (Å²) in [6, 6.07) is 55.4. The second-order valence-corrected chi connectivity index (χ2v) is 15.1. The molecule has 0 atom stereocenters. The van der Waals surface area contributed by atoms with E-state index in [1.54, 1.807) is 11.3 Å². The Kier molecular flexibility index (Phi) is 6.56. The van der Waals surface area contributed by atoms with Crippen molar-refractivity contribution in [3.8, 4) is 45.4 Å². The smallest absolute Gasteiger partial charge is 0.164 e. The van der Waals surface area contributed by atoms with Gasteiger partial charge in [-0.25, -0.2) is 19.9 Å². The highest BCUT2D eigenvalue weighted by atomic mass is 32.1. The van der Waals surface area contributed by atoms with Gasteiger partial charge in [-0.3, -0.25) is 0 Å². The number of pyridine rings is 1. The van der Waals surface area contributed by atoms with Crippen molar-refractivity contribution in [2.45, 2.75) is 0 Å². The van der Waals surface area contributed by atoms with E-state index in [0.29, 0.717) is 17.5 Å². The van der Waals surface area contributed by atoms with Gasteiger partial charge >= 0.3 is 0 Å². The number of rotatable bonds is 4. The van der Waals surface area contributed by atoms with Crippen molar-refractivity contribution >= 4 is 84.7 Å². The number of benzene rings is 7. The third kappa shape index (κ3) is 4.65. The minimum atomic E-state index is 0.656. The molecule has 0 saturated carbocycles. The van der Waals surface area contributed by atoms with Gasteiger partial charge in [-0.1, -0.05) is 121 Å². The van der Waals surface area contributed by atoms with Crippen LogP contribution in [0.2, 0.25) is 0 Å². The number of fused-ring (bicyclic) bond motifs is 10. The molecule has 11 aromatic rings. The van der Waals surface area contributed by atoms with Crippen LogP contribution >= 0.6 is 22.7 Å². The van der Waals surface area contributed by atoms with Crippen molar-refractivity contribution in [3.63, 3.8) is 0 Å². The van der Waals surface area contributed by atoms with Crippen molar-refractivity contribution in [2.75, 3.05) is 0 Å². The molecule has 0 radical (unpaired) electrons. The first-order valence-electron chi connectivity index (χ1n) is 17.2. The van der Waals surface area contributed by atoms with E-state index in [0.717, 1.165) is 38.9 Å². The van der Waals surface area contributed by atoms with Crippen molar-refractivity contribution in [1.29, 1.82) is 0 Å². The monoisotopic (exact) mass is 698 g/mol. The molecule has 0 unspecified atom stereocenters. The molecule has 0 bridgehead atoms. The largest absolute Gasteiger partial charge is 0.247 e. The summed E-state index contributed by atoms with van der Waals surface area (Å²) in [7, 11) is 0. The highest BCUT2D eigenvalue weighted by molar-refractivity contribution is 7.27. The summed E-state index contributed by atoms with van der Waals surface area (Å²) in [4.78, 5) is 20.4.